The number of aliphatic hydroxyl groups excluding tert-OH is 1. The first-order valence-corrected chi connectivity index (χ1v) is 6.55. The Morgan fingerprint density at radius 1 is 1.17 bits per heavy atom. The molecule has 0 amide bonds. The molecule has 2 N–H and O–H groups in total. The number of benzene rings is 1. The summed E-state index contributed by atoms with van der Waals surface area (Å²) < 4.78 is 0. The molecule has 1 fully saturated rings. The summed E-state index contributed by atoms with van der Waals surface area (Å²) in [6, 6.07) is 12.4. The maximum atomic E-state index is 9.21. The van der Waals surface area contributed by atoms with E-state index in [4.69, 9.17) is 0 Å². The van der Waals surface area contributed by atoms with Gasteiger partial charge in [-0.2, -0.15) is 0 Å². The van der Waals surface area contributed by atoms with Crippen molar-refractivity contribution in [3.05, 3.63) is 42.1 Å². The molecule has 1 heterocycles. The summed E-state index contributed by atoms with van der Waals surface area (Å²) in [5, 5.41) is 13.8. The Labute approximate surface area is 107 Å². The van der Waals surface area contributed by atoms with Crippen LogP contribution in [0.25, 0.3) is 10.9 Å². The summed E-state index contributed by atoms with van der Waals surface area (Å²) in [5.74, 6) is 0.639. The molecular weight excluding hydrogens is 224 g/mol. The van der Waals surface area contributed by atoms with Crippen LogP contribution >= 0.6 is 0 Å². The lowest BCUT2D eigenvalue weighted by molar-refractivity contribution is 0.0429. The van der Waals surface area contributed by atoms with Crippen molar-refractivity contribution in [1.29, 1.82) is 0 Å². The van der Waals surface area contributed by atoms with Gasteiger partial charge in [-0.25, -0.2) is 0 Å². The fourth-order valence-electron chi connectivity index (χ4n) is 2.48. The molecule has 18 heavy (non-hydrogen) atoms. The quantitative estimate of drug-likeness (QED) is 0.863. The van der Waals surface area contributed by atoms with Crippen molar-refractivity contribution in [2.75, 3.05) is 6.54 Å². The number of aliphatic hydroxyl groups is 1. The van der Waals surface area contributed by atoms with Gasteiger partial charge in [-0.1, -0.05) is 24.3 Å². The van der Waals surface area contributed by atoms with E-state index in [9.17, 15) is 5.11 Å². The molecule has 0 saturated heterocycles. The zero-order valence-electron chi connectivity index (χ0n) is 10.3. The summed E-state index contributed by atoms with van der Waals surface area (Å²) in [5.41, 5.74) is 2.13. The maximum absolute atomic E-state index is 9.21. The number of nitrogens with one attached hydrogen (secondary N) is 1. The molecule has 0 aliphatic heterocycles. The first kappa shape index (κ1) is 11.6. The first-order chi connectivity index (χ1) is 8.81. The van der Waals surface area contributed by atoms with Crippen LogP contribution in [0.5, 0.6) is 0 Å². The molecule has 3 nitrogen and oxygen atoms in total. The lowest BCUT2D eigenvalue weighted by atomic mass is 9.82. The zero-order chi connectivity index (χ0) is 12.4. The van der Waals surface area contributed by atoms with E-state index in [1.54, 1.807) is 0 Å². The summed E-state index contributed by atoms with van der Waals surface area (Å²) in [7, 11) is 0. The van der Waals surface area contributed by atoms with Crippen LogP contribution in [0.15, 0.2) is 36.4 Å². The Kier molecular flexibility index (Phi) is 3.26. The van der Waals surface area contributed by atoms with Crippen LogP contribution in [0, 0.1) is 5.92 Å². The monoisotopic (exact) mass is 242 g/mol. The molecule has 1 saturated carbocycles. The highest BCUT2D eigenvalue weighted by Gasteiger charge is 2.26. The van der Waals surface area contributed by atoms with Crippen molar-refractivity contribution in [2.24, 2.45) is 5.92 Å². The van der Waals surface area contributed by atoms with Crippen LogP contribution in [0.4, 0.5) is 0 Å². The van der Waals surface area contributed by atoms with Gasteiger partial charge in [0.25, 0.3) is 0 Å². The fraction of sp³-hybridized carbons (Fsp3) is 0.400. The highest BCUT2D eigenvalue weighted by atomic mass is 16.3. The van der Waals surface area contributed by atoms with Crippen molar-refractivity contribution in [3.63, 3.8) is 0 Å². The molecule has 2 aromatic rings. The fourth-order valence-corrected chi connectivity index (χ4v) is 2.48. The maximum Gasteiger partial charge on any atom is 0.0705 e. The van der Waals surface area contributed by atoms with Gasteiger partial charge in [0.2, 0.25) is 0 Å². The molecule has 0 spiro atoms. The Morgan fingerprint density at radius 3 is 2.83 bits per heavy atom. The van der Waals surface area contributed by atoms with Crippen LogP contribution in [-0.2, 0) is 6.54 Å². The molecule has 1 aliphatic carbocycles. The Hall–Kier alpha value is -1.45. The summed E-state index contributed by atoms with van der Waals surface area (Å²) in [4.78, 5) is 4.62. The smallest absolute Gasteiger partial charge is 0.0705 e. The van der Waals surface area contributed by atoms with E-state index in [2.05, 4.69) is 28.5 Å². The molecule has 3 rings (SSSR count). The minimum Gasteiger partial charge on any atom is -0.393 e. The second kappa shape index (κ2) is 5.04. The highest BCUT2D eigenvalue weighted by Crippen LogP contribution is 2.26. The standard InChI is InChI=1S/C15H18N2O/c18-14-7-11(8-14)9-16-10-13-6-5-12-3-1-2-4-15(12)17-13/h1-6,11,14,16,18H,7-10H2. The van der Waals surface area contributed by atoms with Crippen LogP contribution in [0.2, 0.25) is 0 Å². The Morgan fingerprint density at radius 2 is 2.00 bits per heavy atom. The van der Waals surface area contributed by atoms with E-state index in [1.165, 1.54) is 5.39 Å². The van der Waals surface area contributed by atoms with Crippen LogP contribution < -0.4 is 5.32 Å². The van der Waals surface area contributed by atoms with Crippen molar-refractivity contribution >= 4 is 10.9 Å². The van der Waals surface area contributed by atoms with Gasteiger partial charge >= 0.3 is 0 Å². The van der Waals surface area contributed by atoms with E-state index in [-0.39, 0.29) is 6.10 Å². The average Bonchev–Trinajstić information content (AvgIpc) is 2.36. The molecular formula is C15H18N2O. The minimum absolute atomic E-state index is 0.0596. The van der Waals surface area contributed by atoms with E-state index < -0.39 is 0 Å². The van der Waals surface area contributed by atoms with Gasteiger partial charge in [0.1, 0.15) is 0 Å². The average molecular weight is 242 g/mol. The Balaban J connectivity index is 1.57. The Bertz CT molecular complexity index is 535. The van der Waals surface area contributed by atoms with E-state index in [0.29, 0.717) is 5.92 Å². The third-order valence-electron chi connectivity index (χ3n) is 3.61. The number of hydrogen-bond acceptors (Lipinski definition) is 3. The predicted octanol–water partition coefficient (Wildman–Crippen LogP) is 2.10. The summed E-state index contributed by atoms with van der Waals surface area (Å²) in [6.07, 6.45) is 1.83. The number of hydrogen-bond donors (Lipinski definition) is 2. The number of fused-ring (bicyclic) bond motifs is 1. The van der Waals surface area contributed by atoms with Gasteiger partial charge in [-0.05, 0) is 37.4 Å². The number of rotatable bonds is 4. The minimum atomic E-state index is -0.0596. The van der Waals surface area contributed by atoms with Gasteiger partial charge in [-0.15, -0.1) is 0 Å². The molecule has 3 heteroatoms. The number of para-hydroxylation sites is 1. The van der Waals surface area contributed by atoms with Gasteiger partial charge < -0.3 is 10.4 Å². The van der Waals surface area contributed by atoms with Crippen molar-refractivity contribution in [1.82, 2.24) is 10.3 Å². The molecule has 1 aliphatic rings. The van der Waals surface area contributed by atoms with Crippen molar-refractivity contribution in [2.45, 2.75) is 25.5 Å². The second-order valence-corrected chi connectivity index (χ2v) is 5.12. The molecule has 0 unspecified atom stereocenters. The first-order valence-electron chi connectivity index (χ1n) is 6.55. The van der Waals surface area contributed by atoms with Gasteiger partial charge in [0.15, 0.2) is 0 Å². The molecule has 0 bridgehead atoms. The van der Waals surface area contributed by atoms with Crippen LogP contribution in [-0.4, -0.2) is 22.7 Å². The summed E-state index contributed by atoms with van der Waals surface area (Å²) in [6.45, 7) is 1.78. The normalized spacial score (nSPS) is 22.9. The van der Waals surface area contributed by atoms with Crippen molar-refractivity contribution < 1.29 is 5.11 Å². The van der Waals surface area contributed by atoms with Crippen LogP contribution in [0.1, 0.15) is 18.5 Å². The predicted molar refractivity (Wildman–Crippen MR) is 72.2 cm³/mol. The molecule has 1 aromatic heterocycles. The SMILES string of the molecule is OC1CC(CNCc2ccc3ccccc3n2)C1. The lowest BCUT2D eigenvalue weighted by Gasteiger charge is -2.31. The van der Waals surface area contributed by atoms with Crippen LogP contribution in [0.3, 0.4) is 0 Å². The van der Waals surface area contributed by atoms with Crippen molar-refractivity contribution in [3.8, 4) is 0 Å². The van der Waals surface area contributed by atoms with E-state index >= 15 is 0 Å². The zero-order valence-corrected chi connectivity index (χ0v) is 10.3. The van der Waals surface area contributed by atoms with Gasteiger partial charge in [-0.3, -0.25) is 4.98 Å². The molecule has 0 radical (unpaired) electrons. The molecule has 0 atom stereocenters. The molecule has 1 aromatic carbocycles. The number of nitrogens with zero attached hydrogens (tertiary/aromatic N) is 1. The lowest BCUT2D eigenvalue weighted by Crippen LogP contribution is -2.36. The topological polar surface area (TPSA) is 45.1 Å². The third-order valence-corrected chi connectivity index (χ3v) is 3.61. The van der Waals surface area contributed by atoms with Gasteiger partial charge in [0, 0.05) is 11.9 Å². The highest BCUT2D eigenvalue weighted by molar-refractivity contribution is 5.78. The second-order valence-electron chi connectivity index (χ2n) is 5.12. The van der Waals surface area contributed by atoms with Gasteiger partial charge in [0.05, 0.1) is 17.3 Å². The third kappa shape index (κ3) is 2.52. The summed E-state index contributed by atoms with van der Waals surface area (Å²) >= 11 is 0. The number of aromatic nitrogens is 1. The molecule has 94 valence electrons. The largest absolute Gasteiger partial charge is 0.393 e. The van der Waals surface area contributed by atoms with E-state index in [1.807, 2.05) is 18.2 Å². The van der Waals surface area contributed by atoms with E-state index in [0.717, 1.165) is 37.1 Å². The number of pyridine rings is 1.